The lowest BCUT2D eigenvalue weighted by Crippen LogP contribution is -2.51. The molecule has 0 radical (unpaired) electrons. The van der Waals surface area contributed by atoms with Gasteiger partial charge in [0.15, 0.2) is 0 Å². The van der Waals surface area contributed by atoms with Gasteiger partial charge in [-0.15, -0.1) is 0 Å². The molecule has 0 spiro atoms. The van der Waals surface area contributed by atoms with Gasteiger partial charge in [-0.1, -0.05) is 0 Å². The first kappa shape index (κ1) is 13.1. The third kappa shape index (κ3) is 3.09. The number of aliphatic carboxylic acids is 1. The van der Waals surface area contributed by atoms with E-state index in [2.05, 4.69) is 0 Å². The van der Waals surface area contributed by atoms with Crippen molar-refractivity contribution in [2.24, 2.45) is 0 Å². The minimum Gasteiger partial charge on any atom is -0.480 e. The molecule has 1 heterocycles. The molecule has 0 bridgehead atoms. The molecule has 1 aliphatic rings. The normalized spacial score (nSPS) is 16.2. The molecule has 1 amide bonds. The van der Waals surface area contributed by atoms with Gasteiger partial charge in [-0.05, 0) is 24.3 Å². The predicted octanol–water partition coefficient (Wildman–Crippen LogP) is 0.291. The lowest BCUT2D eigenvalue weighted by molar-refractivity contribution is -0.138. The summed E-state index contributed by atoms with van der Waals surface area (Å²) in [6.45, 7) is 0.968. The van der Waals surface area contributed by atoms with Crippen LogP contribution in [-0.2, 0) is 9.59 Å². The Kier molecular flexibility index (Phi) is 3.78. The van der Waals surface area contributed by atoms with E-state index in [0.29, 0.717) is 18.7 Å². The van der Waals surface area contributed by atoms with Gasteiger partial charge in [0.05, 0.1) is 24.7 Å². The smallest absolute Gasteiger partial charge is 0.317 e. The van der Waals surface area contributed by atoms with Crippen molar-refractivity contribution in [1.29, 1.82) is 5.26 Å². The van der Waals surface area contributed by atoms with Crippen LogP contribution in [0, 0.1) is 11.3 Å². The van der Waals surface area contributed by atoms with Crippen LogP contribution in [0.4, 0.5) is 5.69 Å². The number of nitriles is 1. The van der Waals surface area contributed by atoms with E-state index in [1.54, 1.807) is 34.1 Å². The summed E-state index contributed by atoms with van der Waals surface area (Å²) in [5, 5.41) is 17.4. The molecule has 1 fully saturated rings. The van der Waals surface area contributed by atoms with Crippen molar-refractivity contribution in [1.82, 2.24) is 4.90 Å². The maximum Gasteiger partial charge on any atom is 0.317 e. The SMILES string of the molecule is N#Cc1ccc(N2CCN(CC(=O)O)CC2=O)cc1. The number of anilines is 1. The van der Waals surface area contributed by atoms with Gasteiger partial charge in [0.25, 0.3) is 0 Å². The monoisotopic (exact) mass is 259 g/mol. The molecule has 1 aliphatic heterocycles. The van der Waals surface area contributed by atoms with Gasteiger partial charge in [-0.2, -0.15) is 5.26 Å². The molecule has 2 rings (SSSR count). The summed E-state index contributed by atoms with van der Waals surface area (Å²) in [6, 6.07) is 8.79. The number of rotatable bonds is 3. The van der Waals surface area contributed by atoms with Crippen LogP contribution in [-0.4, -0.2) is 48.1 Å². The molecule has 0 unspecified atom stereocenters. The Labute approximate surface area is 110 Å². The van der Waals surface area contributed by atoms with Crippen LogP contribution in [0.25, 0.3) is 0 Å². The Bertz CT molecular complexity index is 533. The molecule has 0 aromatic heterocycles. The summed E-state index contributed by atoms with van der Waals surface area (Å²) in [5.41, 5.74) is 1.28. The van der Waals surface area contributed by atoms with Gasteiger partial charge >= 0.3 is 5.97 Å². The topological polar surface area (TPSA) is 84.6 Å². The highest BCUT2D eigenvalue weighted by Crippen LogP contribution is 2.17. The first-order valence-electron chi connectivity index (χ1n) is 5.85. The average Bonchev–Trinajstić information content (AvgIpc) is 2.38. The van der Waals surface area contributed by atoms with Crippen molar-refractivity contribution >= 4 is 17.6 Å². The third-order valence-electron chi connectivity index (χ3n) is 2.97. The van der Waals surface area contributed by atoms with Crippen molar-refractivity contribution in [3.05, 3.63) is 29.8 Å². The molecule has 6 heteroatoms. The summed E-state index contributed by atoms with van der Waals surface area (Å²) in [6.07, 6.45) is 0. The Hall–Kier alpha value is -2.39. The van der Waals surface area contributed by atoms with E-state index in [1.165, 1.54) is 0 Å². The largest absolute Gasteiger partial charge is 0.480 e. The number of benzene rings is 1. The maximum atomic E-state index is 12.0. The Morgan fingerprint density at radius 3 is 2.53 bits per heavy atom. The number of hydrogen-bond acceptors (Lipinski definition) is 4. The number of hydrogen-bond donors (Lipinski definition) is 1. The zero-order chi connectivity index (χ0) is 13.8. The predicted molar refractivity (Wildman–Crippen MR) is 67.6 cm³/mol. The summed E-state index contributed by atoms with van der Waals surface area (Å²) >= 11 is 0. The van der Waals surface area contributed by atoms with E-state index in [1.807, 2.05) is 6.07 Å². The first-order valence-corrected chi connectivity index (χ1v) is 5.85. The van der Waals surface area contributed by atoms with Crippen LogP contribution in [0.15, 0.2) is 24.3 Å². The van der Waals surface area contributed by atoms with Crippen molar-refractivity contribution in [2.75, 3.05) is 31.1 Å². The van der Waals surface area contributed by atoms with Crippen LogP contribution < -0.4 is 4.90 Å². The summed E-state index contributed by atoms with van der Waals surface area (Å²) in [5.74, 6) is -1.06. The van der Waals surface area contributed by atoms with E-state index in [4.69, 9.17) is 10.4 Å². The van der Waals surface area contributed by atoms with Crippen LogP contribution in [0.5, 0.6) is 0 Å². The quantitative estimate of drug-likeness (QED) is 0.843. The molecule has 19 heavy (non-hydrogen) atoms. The van der Waals surface area contributed by atoms with Crippen LogP contribution >= 0.6 is 0 Å². The summed E-state index contributed by atoms with van der Waals surface area (Å²) in [4.78, 5) is 25.8. The first-order chi connectivity index (χ1) is 9.10. The summed E-state index contributed by atoms with van der Waals surface area (Å²) < 4.78 is 0. The van der Waals surface area contributed by atoms with Gasteiger partial charge in [0, 0.05) is 18.8 Å². The molecule has 0 atom stereocenters. The second-order valence-corrected chi connectivity index (χ2v) is 4.31. The molecule has 1 saturated heterocycles. The highest BCUT2D eigenvalue weighted by molar-refractivity contribution is 5.95. The van der Waals surface area contributed by atoms with Crippen molar-refractivity contribution in [2.45, 2.75) is 0 Å². The lowest BCUT2D eigenvalue weighted by Gasteiger charge is -2.33. The highest BCUT2D eigenvalue weighted by atomic mass is 16.4. The Balaban J connectivity index is 2.05. The molecule has 1 aromatic rings. The molecule has 1 N–H and O–H groups in total. The Morgan fingerprint density at radius 2 is 2.00 bits per heavy atom. The number of carboxylic acids is 1. The van der Waals surface area contributed by atoms with Gasteiger partial charge in [0.2, 0.25) is 5.91 Å². The number of piperazine rings is 1. The molecular weight excluding hydrogens is 246 g/mol. The number of amides is 1. The lowest BCUT2D eigenvalue weighted by atomic mass is 10.2. The van der Waals surface area contributed by atoms with Crippen LogP contribution in [0.3, 0.4) is 0 Å². The minimum absolute atomic E-state index is 0.103. The molecular formula is C13H13N3O3. The molecule has 98 valence electrons. The number of nitrogens with zero attached hydrogens (tertiary/aromatic N) is 3. The molecule has 0 saturated carbocycles. The van der Waals surface area contributed by atoms with E-state index >= 15 is 0 Å². The van der Waals surface area contributed by atoms with Gasteiger partial charge in [-0.25, -0.2) is 0 Å². The molecule has 6 nitrogen and oxygen atoms in total. The highest BCUT2D eigenvalue weighted by Gasteiger charge is 2.25. The average molecular weight is 259 g/mol. The third-order valence-corrected chi connectivity index (χ3v) is 2.97. The van der Waals surface area contributed by atoms with Crippen molar-refractivity contribution in [3.63, 3.8) is 0 Å². The fourth-order valence-electron chi connectivity index (χ4n) is 2.04. The van der Waals surface area contributed by atoms with Gasteiger partial charge in [0.1, 0.15) is 0 Å². The van der Waals surface area contributed by atoms with E-state index in [9.17, 15) is 9.59 Å². The minimum atomic E-state index is -0.931. The fourth-order valence-corrected chi connectivity index (χ4v) is 2.04. The second-order valence-electron chi connectivity index (χ2n) is 4.31. The van der Waals surface area contributed by atoms with Gasteiger partial charge in [-0.3, -0.25) is 14.5 Å². The Morgan fingerprint density at radius 1 is 1.32 bits per heavy atom. The second kappa shape index (κ2) is 5.50. The van der Waals surface area contributed by atoms with Crippen LogP contribution in [0.2, 0.25) is 0 Å². The van der Waals surface area contributed by atoms with E-state index < -0.39 is 5.97 Å². The zero-order valence-electron chi connectivity index (χ0n) is 10.2. The van der Waals surface area contributed by atoms with Crippen molar-refractivity contribution < 1.29 is 14.7 Å². The van der Waals surface area contributed by atoms with E-state index in [-0.39, 0.29) is 19.0 Å². The number of carbonyl (C=O) groups is 2. The standard InChI is InChI=1S/C13H13N3O3/c14-7-10-1-3-11(4-2-10)16-6-5-15(8-12(16)17)9-13(18)19/h1-4H,5-6,8-9H2,(H,18,19). The zero-order valence-corrected chi connectivity index (χ0v) is 10.2. The van der Waals surface area contributed by atoms with Gasteiger partial charge < -0.3 is 10.0 Å². The van der Waals surface area contributed by atoms with Crippen LogP contribution in [0.1, 0.15) is 5.56 Å². The van der Waals surface area contributed by atoms with Crippen molar-refractivity contribution in [3.8, 4) is 6.07 Å². The summed E-state index contributed by atoms with van der Waals surface area (Å²) in [7, 11) is 0. The number of carbonyl (C=O) groups excluding carboxylic acids is 1. The maximum absolute atomic E-state index is 12.0. The fraction of sp³-hybridized carbons (Fsp3) is 0.308. The van der Waals surface area contributed by atoms with E-state index in [0.717, 1.165) is 5.69 Å². The number of carboxylic acid groups (broad SMARTS) is 1. The molecule has 1 aromatic carbocycles. The molecule has 0 aliphatic carbocycles.